The summed E-state index contributed by atoms with van der Waals surface area (Å²) >= 11 is 0. The number of nitrogens with one attached hydrogen (secondary N) is 1. The SMILES string of the molecule is CN(C1CCN(C(=O)NC2CCCCC2)CC1)S(C)(=O)=O. The Hall–Kier alpha value is -0.820. The first-order valence-corrected chi connectivity index (χ1v) is 9.71. The van der Waals surface area contributed by atoms with E-state index in [0.717, 1.165) is 12.8 Å². The summed E-state index contributed by atoms with van der Waals surface area (Å²) in [6.07, 6.45) is 8.49. The lowest BCUT2D eigenvalue weighted by Crippen LogP contribution is -2.51. The third kappa shape index (κ3) is 4.57. The summed E-state index contributed by atoms with van der Waals surface area (Å²) in [7, 11) is -1.53. The molecule has 1 saturated carbocycles. The molecule has 7 heteroatoms. The summed E-state index contributed by atoms with van der Waals surface area (Å²) in [5.41, 5.74) is 0. The summed E-state index contributed by atoms with van der Waals surface area (Å²) in [6.45, 7) is 1.26. The van der Waals surface area contributed by atoms with Crippen LogP contribution in [0, 0.1) is 0 Å². The van der Waals surface area contributed by atoms with Gasteiger partial charge in [0.05, 0.1) is 6.26 Å². The number of likely N-dealkylation sites (tertiary alicyclic amines) is 1. The number of hydrogen-bond donors (Lipinski definition) is 1. The number of carbonyl (C=O) groups is 1. The van der Waals surface area contributed by atoms with Crippen LogP contribution in [-0.4, -0.2) is 62.1 Å². The molecule has 1 heterocycles. The second kappa shape index (κ2) is 6.96. The van der Waals surface area contributed by atoms with E-state index in [1.54, 1.807) is 7.05 Å². The van der Waals surface area contributed by atoms with Gasteiger partial charge in [-0.2, -0.15) is 0 Å². The maximum absolute atomic E-state index is 12.2. The van der Waals surface area contributed by atoms with E-state index in [1.165, 1.54) is 29.8 Å². The minimum Gasteiger partial charge on any atom is -0.335 e. The highest BCUT2D eigenvalue weighted by Crippen LogP contribution is 2.20. The molecule has 0 aromatic rings. The summed E-state index contributed by atoms with van der Waals surface area (Å²) < 4.78 is 24.5. The third-order valence-corrected chi connectivity index (χ3v) is 6.07. The molecule has 2 fully saturated rings. The number of urea groups is 1. The average Bonchev–Trinajstić information content (AvgIpc) is 2.46. The summed E-state index contributed by atoms with van der Waals surface area (Å²) in [6, 6.07) is 0.351. The molecule has 122 valence electrons. The Bertz CT molecular complexity index is 452. The Morgan fingerprint density at radius 1 is 1.10 bits per heavy atom. The van der Waals surface area contributed by atoms with Crippen molar-refractivity contribution in [3.8, 4) is 0 Å². The molecule has 2 rings (SSSR count). The normalized spacial score (nSPS) is 22.5. The van der Waals surface area contributed by atoms with E-state index in [-0.39, 0.29) is 12.1 Å². The topological polar surface area (TPSA) is 69.7 Å². The molecule has 2 amide bonds. The molecule has 0 atom stereocenters. The molecule has 1 aliphatic carbocycles. The maximum Gasteiger partial charge on any atom is 0.317 e. The van der Waals surface area contributed by atoms with E-state index in [2.05, 4.69) is 5.32 Å². The van der Waals surface area contributed by atoms with Crippen molar-refractivity contribution in [1.29, 1.82) is 0 Å². The zero-order valence-electron chi connectivity index (χ0n) is 13.0. The number of carbonyl (C=O) groups excluding carboxylic acids is 1. The Kier molecular flexibility index (Phi) is 5.48. The standard InChI is InChI=1S/C14H27N3O3S/c1-16(21(2,19)20)13-8-10-17(11-9-13)14(18)15-12-6-4-3-5-7-12/h12-13H,3-11H2,1-2H3,(H,15,18). The molecule has 0 spiro atoms. The summed E-state index contributed by atoms with van der Waals surface area (Å²) in [5.74, 6) is 0. The average molecular weight is 317 g/mol. The molecule has 1 N–H and O–H groups in total. The predicted octanol–water partition coefficient (Wildman–Crippen LogP) is 1.38. The van der Waals surface area contributed by atoms with Gasteiger partial charge in [-0.05, 0) is 25.7 Å². The van der Waals surface area contributed by atoms with Crippen molar-refractivity contribution in [3.63, 3.8) is 0 Å². The van der Waals surface area contributed by atoms with E-state index >= 15 is 0 Å². The van der Waals surface area contributed by atoms with Crippen molar-refractivity contribution in [1.82, 2.24) is 14.5 Å². The number of amides is 2. The fourth-order valence-electron chi connectivity index (χ4n) is 3.22. The number of rotatable bonds is 3. The monoisotopic (exact) mass is 317 g/mol. The van der Waals surface area contributed by atoms with Crippen LogP contribution in [0.5, 0.6) is 0 Å². The van der Waals surface area contributed by atoms with Crippen molar-refractivity contribution < 1.29 is 13.2 Å². The molecular weight excluding hydrogens is 290 g/mol. The van der Waals surface area contributed by atoms with Gasteiger partial charge in [-0.25, -0.2) is 17.5 Å². The quantitative estimate of drug-likeness (QED) is 0.855. The first-order chi connectivity index (χ1) is 9.88. The first-order valence-electron chi connectivity index (χ1n) is 7.86. The van der Waals surface area contributed by atoms with Crippen molar-refractivity contribution >= 4 is 16.1 Å². The highest BCUT2D eigenvalue weighted by molar-refractivity contribution is 7.88. The number of nitrogens with zero attached hydrogens (tertiary/aromatic N) is 2. The Labute approximate surface area is 127 Å². The Morgan fingerprint density at radius 2 is 1.67 bits per heavy atom. The van der Waals surface area contributed by atoms with Crippen LogP contribution in [0.1, 0.15) is 44.9 Å². The largest absolute Gasteiger partial charge is 0.335 e. The van der Waals surface area contributed by atoms with Gasteiger partial charge in [0.1, 0.15) is 0 Å². The van der Waals surface area contributed by atoms with Crippen LogP contribution in [-0.2, 0) is 10.0 Å². The fraction of sp³-hybridized carbons (Fsp3) is 0.929. The summed E-state index contributed by atoms with van der Waals surface area (Å²) in [5, 5.41) is 3.12. The van der Waals surface area contributed by atoms with Crippen LogP contribution >= 0.6 is 0 Å². The zero-order valence-corrected chi connectivity index (χ0v) is 13.9. The molecule has 0 unspecified atom stereocenters. The van der Waals surface area contributed by atoms with Gasteiger partial charge in [0, 0.05) is 32.2 Å². The van der Waals surface area contributed by atoms with Crippen LogP contribution in [0.3, 0.4) is 0 Å². The first kappa shape index (κ1) is 16.5. The van der Waals surface area contributed by atoms with E-state index in [4.69, 9.17) is 0 Å². The van der Waals surface area contributed by atoms with Crippen molar-refractivity contribution in [3.05, 3.63) is 0 Å². The van der Waals surface area contributed by atoms with Gasteiger partial charge in [0.25, 0.3) is 0 Å². The van der Waals surface area contributed by atoms with Crippen molar-refractivity contribution in [2.45, 2.75) is 57.0 Å². The highest BCUT2D eigenvalue weighted by Gasteiger charge is 2.29. The highest BCUT2D eigenvalue weighted by atomic mass is 32.2. The molecule has 6 nitrogen and oxygen atoms in total. The molecule has 0 aromatic heterocycles. The molecule has 0 aromatic carbocycles. The van der Waals surface area contributed by atoms with Crippen LogP contribution in [0.15, 0.2) is 0 Å². The van der Waals surface area contributed by atoms with Crippen LogP contribution in [0.25, 0.3) is 0 Å². The van der Waals surface area contributed by atoms with E-state index in [1.807, 2.05) is 4.90 Å². The Balaban J connectivity index is 1.79. The maximum atomic E-state index is 12.2. The van der Waals surface area contributed by atoms with Gasteiger partial charge in [0.15, 0.2) is 0 Å². The van der Waals surface area contributed by atoms with Gasteiger partial charge in [0.2, 0.25) is 10.0 Å². The zero-order chi connectivity index (χ0) is 15.5. The molecule has 0 bridgehead atoms. The van der Waals surface area contributed by atoms with Crippen molar-refractivity contribution in [2.75, 3.05) is 26.4 Å². The third-order valence-electron chi connectivity index (χ3n) is 4.72. The lowest BCUT2D eigenvalue weighted by Gasteiger charge is -2.36. The minimum absolute atomic E-state index is 0.0127. The van der Waals surface area contributed by atoms with Crippen LogP contribution in [0.4, 0.5) is 4.79 Å². The molecular formula is C14H27N3O3S. The predicted molar refractivity (Wildman–Crippen MR) is 82.6 cm³/mol. The van der Waals surface area contributed by atoms with Crippen LogP contribution in [0.2, 0.25) is 0 Å². The van der Waals surface area contributed by atoms with Crippen LogP contribution < -0.4 is 5.32 Å². The van der Waals surface area contributed by atoms with Gasteiger partial charge in [-0.15, -0.1) is 0 Å². The van der Waals surface area contributed by atoms with Gasteiger partial charge < -0.3 is 10.2 Å². The molecule has 21 heavy (non-hydrogen) atoms. The minimum atomic E-state index is -3.15. The van der Waals surface area contributed by atoms with E-state index in [9.17, 15) is 13.2 Å². The number of hydrogen-bond acceptors (Lipinski definition) is 3. The van der Waals surface area contributed by atoms with Gasteiger partial charge in [-0.1, -0.05) is 19.3 Å². The van der Waals surface area contributed by atoms with Gasteiger partial charge in [-0.3, -0.25) is 0 Å². The summed E-state index contributed by atoms with van der Waals surface area (Å²) in [4.78, 5) is 14.0. The second-order valence-corrected chi connectivity index (χ2v) is 8.32. The molecule has 0 radical (unpaired) electrons. The lowest BCUT2D eigenvalue weighted by molar-refractivity contribution is 0.159. The fourth-order valence-corrected chi connectivity index (χ4v) is 3.97. The molecule has 1 aliphatic heterocycles. The van der Waals surface area contributed by atoms with Crippen molar-refractivity contribution in [2.24, 2.45) is 0 Å². The lowest BCUT2D eigenvalue weighted by atomic mass is 9.95. The molecule has 1 saturated heterocycles. The van der Waals surface area contributed by atoms with E-state index < -0.39 is 10.0 Å². The molecule has 2 aliphatic rings. The number of piperidine rings is 1. The smallest absolute Gasteiger partial charge is 0.317 e. The Morgan fingerprint density at radius 3 is 2.19 bits per heavy atom. The number of sulfonamides is 1. The van der Waals surface area contributed by atoms with Gasteiger partial charge >= 0.3 is 6.03 Å². The van der Waals surface area contributed by atoms with E-state index in [0.29, 0.717) is 32.0 Å². The second-order valence-electron chi connectivity index (χ2n) is 6.28.